The molecule has 3 rings (SSSR count). The molecule has 0 bridgehead atoms. The van der Waals surface area contributed by atoms with Crippen LogP contribution in [0.5, 0.6) is 5.75 Å². The number of carbonyl (C=O) groups is 1. The summed E-state index contributed by atoms with van der Waals surface area (Å²) in [5, 5.41) is 3.94. The number of benzene rings is 3. The zero-order valence-corrected chi connectivity index (χ0v) is 18.0. The van der Waals surface area contributed by atoms with Crippen LogP contribution in [0.2, 0.25) is 0 Å². The van der Waals surface area contributed by atoms with Crippen molar-refractivity contribution in [3.8, 4) is 5.75 Å². The van der Waals surface area contributed by atoms with Crippen molar-refractivity contribution in [1.29, 1.82) is 0 Å². The molecule has 0 fully saturated rings. The second kappa shape index (κ2) is 10.5. The smallest absolute Gasteiger partial charge is 0.339 e. The van der Waals surface area contributed by atoms with Gasteiger partial charge in [0.05, 0.1) is 6.21 Å². The molecule has 0 spiro atoms. The minimum atomic E-state index is -3.89. The first kappa shape index (κ1) is 22.2. The zero-order chi connectivity index (χ0) is 22.1. The topological polar surface area (TPSA) is 84.8 Å². The van der Waals surface area contributed by atoms with Gasteiger partial charge in [0, 0.05) is 6.42 Å². The summed E-state index contributed by atoms with van der Waals surface area (Å²) in [5.74, 6) is 0.0407. The Bertz CT molecular complexity index is 1120. The fraction of sp³-hybridized carbons (Fsp3) is 0.167. The van der Waals surface area contributed by atoms with E-state index in [4.69, 9.17) is 4.18 Å². The van der Waals surface area contributed by atoms with Crippen LogP contribution in [0.3, 0.4) is 0 Å². The van der Waals surface area contributed by atoms with Gasteiger partial charge in [0.15, 0.2) is 0 Å². The molecule has 0 saturated heterocycles. The second-order valence-corrected chi connectivity index (χ2v) is 8.60. The molecule has 0 aromatic heterocycles. The molecule has 0 aliphatic heterocycles. The van der Waals surface area contributed by atoms with Gasteiger partial charge >= 0.3 is 10.1 Å². The normalized spacial score (nSPS) is 11.4. The number of amides is 1. The van der Waals surface area contributed by atoms with Crippen LogP contribution in [-0.4, -0.2) is 20.5 Å². The highest BCUT2D eigenvalue weighted by Crippen LogP contribution is 2.19. The third kappa shape index (κ3) is 7.08. The summed E-state index contributed by atoms with van der Waals surface area (Å²) in [4.78, 5) is 12.0. The lowest BCUT2D eigenvalue weighted by Crippen LogP contribution is -2.17. The number of nitrogens with one attached hydrogen (secondary N) is 1. The van der Waals surface area contributed by atoms with Crippen molar-refractivity contribution in [3.05, 3.63) is 95.6 Å². The van der Waals surface area contributed by atoms with E-state index in [2.05, 4.69) is 10.5 Å². The van der Waals surface area contributed by atoms with Gasteiger partial charge in [-0.3, -0.25) is 4.79 Å². The molecule has 0 aliphatic rings. The lowest BCUT2D eigenvalue weighted by molar-refractivity contribution is -0.121. The summed E-state index contributed by atoms with van der Waals surface area (Å²) >= 11 is 0. The predicted molar refractivity (Wildman–Crippen MR) is 121 cm³/mol. The monoisotopic (exact) mass is 436 g/mol. The van der Waals surface area contributed by atoms with Gasteiger partial charge in [0.25, 0.3) is 0 Å². The third-order valence-corrected chi connectivity index (χ3v) is 5.77. The number of carbonyl (C=O) groups excluding carboxylic acids is 1. The molecule has 0 heterocycles. The molecule has 0 radical (unpaired) electrons. The highest BCUT2D eigenvalue weighted by atomic mass is 32.2. The minimum absolute atomic E-state index is 0.0960. The maximum absolute atomic E-state index is 12.3. The van der Waals surface area contributed by atoms with E-state index in [0.717, 1.165) is 18.4 Å². The van der Waals surface area contributed by atoms with Gasteiger partial charge in [-0.05, 0) is 67.3 Å². The number of hydrogen-bond acceptors (Lipinski definition) is 5. The molecule has 0 unspecified atom stereocenters. The summed E-state index contributed by atoms with van der Waals surface area (Å²) in [7, 11) is -3.89. The quantitative estimate of drug-likeness (QED) is 0.309. The molecule has 6 nitrogen and oxygen atoms in total. The Hall–Kier alpha value is -3.45. The van der Waals surface area contributed by atoms with Crippen LogP contribution in [0, 0.1) is 6.92 Å². The van der Waals surface area contributed by atoms with Crippen molar-refractivity contribution in [3.63, 3.8) is 0 Å². The summed E-state index contributed by atoms with van der Waals surface area (Å²) in [6.45, 7) is 1.88. The van der Waals surface area contributed by atoms with Crippen LogP contribution in [0.4, 0.5) is 0 Å². The maximum atomic E-state index is 12.3. The molecule has 1 amide bonds. The van der Waals surface area contributed by atoms with Crippen LogP contribution in [0.1, 0.15) is 29.5 Å². The van der Waals surface area contributed by atoms with Gasteiger partial charge in [-0.2, -0.15) is 13.5 Å². The first-order valence-electron chi connectivity index (χ1n) is 9.89. The van der Waals surface area contributed by atoms with E-state index in [1.165, 1.54) is 36.0 Å². The number of aryl methyl sites for hydroxylation is 2. The molecular weight excluding hydrogens is 412 g/mol. The SMILES string of the molecule is Cc1ccc(S(=O)(=O)Oc2ccc(C=NNC(=O)CCCc3ccccc3)cc2)cc1. The first-order chi connectivity index (χ1) is 14.9. The fourth-order valence-electron chi connectivity index (χ4n) is 2.82. The van der Waals surface area contributed by atoms with Crippen molar-refractivity contribution in [2.75, 3.05) is 0 Å². The summed E-state index contributed by atoms with van der Waals surface area (Å²) in [6.07, 6.45) is 3.46. The van der Waals surface area contributed by atoms with E-state index in [-0.39, 0.29) is 16.6 Å². The Balaban J connectivity index is 1.46. The van der Waals surface area contributed by atoms with Gasteiger partial charge in [-0.25, -0.2) is 5.43 Å². The number of nitrogens with zero attached hydrogens (tertiary/aromatic N) is 1. The molecule has 3 aromatic carbocycles. The average Bonchev–Trinajstić information content (AvgIpc) is 2.76. The Morgan fingerprint density at radius 1 is 0.968 bits per heavy atom. The molecule has 0 atom stereocenters. The summed E-state index contributed by atoms with van der Waals surface area (Å²) in [5.41, 5.74) is 5.36. The van der Waals surface area contributed by atoms with Crippen LogP contribution in [0.25, 0.3) is 0 Å². The fourth-order valence-corrected chi connectivity index (χ4v) is 3.75. The Morgan fingerprint density at radius 3 is 2.32 bits per heavy atom. The van der Waals surface area contributed by atoms with Crippen molar-refractivity contribution < 1.29 is 17.4 Å². The Labute approximate surface area is 182 Å². The molecule has 160 valence electrons. The standard InChI is InChI=1S/C24H24N2O4S/c1-19-10-16-23(17-11-19)31(28,29)30-22-14-12-21(13-15-22)18-25-26-24(27)9-5-8-20-6-3-2-4-7-20/h2-4,6-7,10-18H,5,8-9H2,1H3,(H,26,27). The van der Waals surface area contributed by atoms with Crippen molar-refractivity contribution in [1.82, 2.24) is 5.43 Å². The summed E-state index contributed by atoms with van der Waals surface area (Å²) < 4.78 is 29.8. The van der Waals surface area contributed by atoms with E-state index in [1.54, 1.807) is 24.3 Å². The van der Waals surface area contributed by atoms with Gasteiger partial charge < -0.3 is 4.18 Å². The Morgan fingerprint density at radius 2 is 1.65 bits per heavy atom. The lowest BCUT2D eigenvalue weighted by Gasteiger charge is -2.07. The van der Waals surface area contributed by atoms with Crippen molar-refractivity contribution >= 4 is 22.2 Å². The molecule has 3 aromatic rings. The highest BCUT2D eigenvalue weighted by molar-refractivity contribution is 7.87. The molecule has 1 N–H and O–H groups in total. The lowest BCUT2D eigenvalue weighted by atomic mass is 10.1. The van der Waals surface area contributed by atoms with E-state index >= 15 is 0 Å². The molecule has 0 aliphatic carbocycles. The average molecular weight is 437 g/mol. The maximum Gasteiger partial charge on any atom is 0.339 e. The second-order valence-electron chi connectivity index (χ2n) is 7.05. The van der Waals surface area contributed by atoms with Crippen LogP contribution in [-0.2, 0) is 21.3 Å². The molecule has 7 heteroatoms. The number of hydrogen-bond donors (Lipinski definition) is 1. The van der Waals surface area contributed by atoms with Crippen LogP contribution < -0.4 is 9.61 Å². The van der Waals surface area contributed by atoms with Gasteiger partial charge in [-0.15, -0.1) is 0 Å². The van der Waals surface area contributed by atoms with E-state index < -0.39 is 10.1 Å². The van der Waals surface area contributed by atoms with Crippen molar-refractivity contribution in [2.24, 2.45) is 5.10 Å². The predicted octanol–water partition coefficient (Wildman–Crippen LogP) is 4.24. The highest BCUT2D eigenvalue weighted by Gasteiger charge is 2.16. The van der Waals surface area contributed by atoms with Gasteiger partial charge in [0.1, 0.15) is 10.6 Å². The van der Waals surface area contributed by atoms with Crippen LogP contribution in [0.15, 0.2) is 88.9 Å². The van der Waals surface area contributed by atoms with Gasteiger partial charge in [0.2, 0.25) is 5.91 Å². The summed E-state index contributed by atoms with van der Waals surface area (Å²) in [6, 6.07) is 22.8. The Kier molecular flexibility index (Phi) is 7.56. The third-order valence-electron chi connectivity index (χ3n) is 4.51. The molecule has 0 saturated carbocycles. The van der Waals surface area contributed by atoms with Gasteiger partial charge in [-0.1, -0.05) is 48.0 Å². The largest absolute Gasteiger partial charge is 0.379 e. The number of hydrazone groups is 1. The van der Waals surface area contributed by atoms with E-state index in [9.17, 15) is 13.2 Å². The van der Waals surface area contributed by atoms with Crippen LogP contribution >= 0.6 is 0 Å². The van der Waals surface area contributed by atoms with E-state index in [1.807, 2.05) is 37.3 Å². The molecule has 31 heavy (non-hydrogen) atoms. The number of rotatable bonds is 9. The van der Waals surface area contributed by atoms with Crippen molar-refractivity contribution in [2.45, 2.75) is 31.1 Å². The molecular formula is C24H24N2O4S. The minimum Gasteiger partial charge on any atom is -0.379 e. The zero-order valence-electron chi connectivity index (χ0n) is 17.2. The van der Waals surface area contributed by atoms with E-state index in [0.29, 0.717) is 12.0 Å². The first-order valence-corrected chi connectivity index (χ1v) is 11.3.